The van der Waals surface area contributed by atoms with Crippen molar-refractivity contribution in [3.63, 3.8) is 0 Å². The van der Waals surface area contributed by atoms with Crippen molar-refractivity contribution < 1.29 is 0 Å². The number of aromatic nitrogens is 1. The Balaban J connectivity index is 1.07. The van der Waals surface area contributed by atoms with Gasteiger partial charge in [-0.15, -0.1) is 0 Å². The lowest BCUT2D eigenvalue weighted by Gasteiger charge is -2.52. The maximum absolute atomic E-state index is 3.14. The van der Waals surface area contributed by atoms with Gasteiger partial charge in [0.15, 0.2) is 16.1 Å². The van der Waals surface area contributed by atoms with Crippen LogP contribution in [0.25, 0.3) is 27.5 Å². The molecule has 1 fully saturated rings. The molecule has 12 aromatic carbocycles. The van der Waals surface area contributed by atoms with Gasteiger partial charge in [-0.25, -0.2) is 0 Å². The first kappa shape index (κ1) is 52.8. The fourth-order valence-corrected chi connectivity index (χ4v) is 27.1. The molecule has 1 saturated carbocycles. The molecule has 1 aromatic heterocycles. The zero-order valence-corrected chi connectivity index (χ0v) is 52.5. The lowest BCUT2D eigenvalue weighted by atomic mass is 9.33. The molecule has 3 aliphatic heterocycles. The van der Waals surface area contributed by atoms with Crippen LogP contribution in [0.4, 0.5) is 28.4 Å². The zero-order chi connectivity index (χ0) is 58.9. The van der Waals surface area contributed by atoms with E-state index in [1.54, 1.807) is 0 Å². The molecule has 4 heterocycles. The van der Waals surface area contributed by atoms with E-state index >= 15 is 0 Å². The molecule has 0 spiro atoms. The molecule has 4 aliphatic rings. The summed E-state index contributed by atoms with van der Waals surface area (Å²) in [6.45, 7) is 9.62. The average molecular weight is 1160 g/mol. The van der Waals surface area contributed by atoms with Crippen LogP contribution < -0.4 is 67.7 Å². The molecule has 2 atom stereocenters. The maximum atomic E-state index is 2.91. The lowest BCUT2D eigenvalue weighted by molar-refractivity contribution is 0.195. The highest BCUT2D eigenvalue weighted by Gasteiger charge is 2.61. The normalized spacial score (nSPS) is 17.2. The molecule has 17 rings (SSSR count). The summed E-state index contributed by atoms with van der Waals surface area (Å²) >= 11 is 0. The summed E-state index contributed by atoms with van der Waals surface area (Å²) in [6.07, 6.45) is 4.72. The largest absolute Gasteiger partial charge is 0.335 e. The van der Waals surface area contributed by atoms with Crippen molar-refractivity contribution >= 4 is 131 Å². The highest BCUT2D eigenvalue weighted by molar-refractivity contribution is 7.21. The number of fused-ring (bicyclic) bond motifs is 10. The number of anilines is 5. The molecule has 1 aliphatic carbocycles. The molecule has 422 valence electrons. The summed E-state index contributed by atoms with van der Waals surface area (Å²) in [4.78, 5) is 5.46. The minimum absolute atomic E-state index is 0.0576. The predicted molar refractivity (Wildman–Crippen MR) is 380 cm³/mol. The fraction of sp³-hybridized carbons (Fsp3) is 0.122. The molecule has 0 saturated heterocycles. The van der Waals surface area contributed by atoms with Crippen LogP contribution in [0.2, 0.25) is 0 Å². The Morgan fingerprint density at radius 1 is 0.386 bits per heavy atom. The van der Waals surface area contributed by atoms with Gasteiger partial charge < -0.3 is 14.4 Å². The molecule has 0 N–H and O–H groups in total. The van der Waals surface area contributed by atoms with Crippen LogP contribution in [-0.2, 0) is 5.41 Å². The van der Waals surface area contributed by atoms with E-state index in [1.807, 2.05) is 0 Å². The van der Waals surface area contributed by atoms with Crippen molar-refractivity contribution in [2.45, 2.75) is 64.3 Å². The molecular weight excluding hydrogens is 1090 g/mol. The van der Waals surface area contributed by atoms with Crippen LogP contribution in [0.15, 0.2) is 291 Å². The second kappa shape index (κ2) is 20.0. The van der Waals surface area contributed by atoms with Gasteiger partial charge in [0.05, 0.1) is 16.7 Å². The highest BCUT2D eigenvalue weighted by Crippen LogP contribution is 2.62. The molecule has 88 heavy (non-hydrogen) atoms. The fourth-order valence-electron chi connectivity index (χ4n) is 17.5. The predicted octanol–water partition coefficient (Wildman–Crippen LogP) is 12.5. The second-order valence-electron chi connectivity index (χ2n) is 26.0. The smallest absolute Gasteiger partial charge is 0.252 e. The van der Waals surface area contributed by atoms with Gasteiger partial charge in [-0.3, -0.25) is 0 Å². The van der Waals surface area contributed by atoms with Crippen LogP contribution in [0.1, 0.15) is 56.2 Å². The van der Waals surface area contributed by atoms with E-state index in [2.05, 4.69) is 333 Å². The first-order chi connectivity index (χ1) is 43.2. The summed E-state index contributed by atoms with van der Waals surface area (Å²) in [7, 11) is -6.15. The van der Waals surface area contributed by atoms with E-state index in [0.29, 0.717) is 0 Å². The van der Waals surface area contributed by atoms with Gasteiger partial charge in [0.1, 0.15) is 0 Å². The van der Waals surface area contributed by atoms with Crippen LogP contribution in [0, 0.1) is 13.8 Å². The van der Waals surface area contributed by atoms with Gasteiger partial charge in [-0.2, -0.15) is 0 Å². The summed E-state index contributed by atoms with van der Waals surface area (Å²) in [5.74, 6) is 0. The molecule has 0 amide bonds. The number of hydrogen-bond acceptors (Lipinski definition) is 2. The Labute approximate surface area is 520 Å². The second-order valence-corrected chi connectivity index (χ2v) is 33.6. The Morgan fingerprint density at radius 2 is 0.852 bits per heavy atom. The monoisotopic (exact) mass is 1160 g/mol. The van der Waals surface area contributed by atoms with Crippen LogP contribution in [0.5, 0.6) is 0 Å². The molecule has 0 radical (unpaired) electrons. The van der Waals surface area contributed by atoms with E-state index < -0.39 is 16.1 Å². The highest BCUT2D eigenvalue weighted by atomic mass is 28.3. The van der Waals surface area contributed by atoms with Crippen LogP contribution in [0.3, 0.4) is 0 Å². The molecule has 2 unspecified atom stereocenters. The third kappa shape index (κ3) is 7.36. The number of aryl methyl sites for hydroxylation is 2. The van der Waals surface area contributed by atoms with Crippen molar-refractivity contribution in [1.82, 2.24) is 4.57 Å². The lowest BCUT2D eigenvalue weighted by Crippen LogP contribution is -2.75. The van der Waals surface area contributed by atoms with Gasteiger partial charge in [0.2, 0.25) is 0 Å². The molecule has 0 bridgehead atoms. The van der Waals surface area contributed by atoms with E-state index in [-0.39, 0.29) is 17.7 Å². The maximum Gasteiger partial charge on any atom is 0.252 e. The summed E-state index contributed by atoms with van der Waals surface area (Å²) in [5, 5.41) is 13.6. The van der Waals surface area contributed by atoms with Crippen LogP contribution >= 0.6 is 0 Å². The van der Waals surface area contributed by atoms with Gasteiger partial charge in [0.25, 0.3) is 6.71 Å². The van der Waals surface area contributed by atoms with Crippen molar-refractivity contribution in [1.29, 1.82) is 0 Å². The van der Waals surface area contributed by atoms with Crippen LogP contribution in [-0.4, -0.2) is 33.0 Å². The number of hydrogen-bond donors (Lipinski definition) is 0. The van der Waals surface area contributed by atoms with Crippen molar-refractivity contribution in [3.05, 3.63) is 308 Å². The van der Waals surface area contributed by atoms with Crippen molar-refractivity contribution in [2.24, 2.45) is 0 Å². The minimum Gasteiger partial charge on any atom is -0.335 e. The third-order valence-corrected chi connectivity index (χ3v) is 31.0. The topological polar surface area (TPSA) is 11.4 Å². The SMILES string of the molecule is Cc1cccc(N(c2cccc(C)c2)c2cc3c4c(c2)-n2c5ccc([Si](c6ccccc6)(c6ccccc6)c6ccccc6)cc5c5cc([Si](c6ccccc6)(c6ccccc6)c6ccccc6)cc(c52)B4c2cccc4c2N3C2(C)CCCCC42C)c1. The van der Waals surface area contributed by atoms with Gasteiger partial charge in [0, 0.05) is 50.1 Å². The Bertz CT molecular complexity index is 4640. The molecule has 6 heteroatoms. The number of nitrogens with zero attached hydrogens (tertiary/aromatic N) is 3. The standard InChI is InChI=1S/C82H68BN3Si2/c1-57-28-25-30-59(50-57)84(60-31-26-29-58(2)51-60)61-52-76-78-77(53-61)86-80-72(81(3)48-23-24-49-82(81,86)4)44-27-45-73(80)83(78)74-56-69(88(65-38-17-8-18-39-65,66-40-19-9-20-41-66)67-42-21-10-22-43-67)55-71-70-54-68(46-47-75(70)85(76)79(71)74)87(62-32-11-5-12-33-62,63-34-13-6-14-35-63)64-36-15-7-16-37-64/h5-22,25-47,50-56H,23-24,48-49H2,1-4H3. The van der Waals surface area contributed by atoms with E-state index in [0.717, 1.165) is 29.9 Å². The molecular formula is C82H68BN3Si2. The third-order valence-electron chi connectivity index (χ3n) is 21.4. The number of benzene rings is 12. The Hall–Kier alpha value is -9.46. The number of para-hydroxylation sites is 1. The van der Waals surface area contributed by atoms with Gasteiger partial charge in [-0.05, 0) is 151 Å². The minimum atomic E-state index is -3.14. The van der Waals surface area contributed by atoms with Crippen molar-refractivity contribution in [3.8, 4) is 5.69 Å². The Morgan fingerprint density at radius 3 is 1.36 bits per heavy atom. The summed E-state index contributed by atoms with van der Waals surface area (Å²) in [6, 6.07) is 113. The van der Waals surface area contributed by atoms with Gasteiger partial charge >= 0.3 is 0 Å². The first-order valence-electron chi connectivity index (χ1n) is 31.7. The van der Waals surface area contributed by atoms with E-state index in [1.165, 1.54) is 126 Å². The van der Waals surface area contributed by atoms with Crippen molar-refractivity contribution in [2.75, 3.05) is 9.80 Å². The first-order valence-corrected chi connectivity index (χ1v) is 35.7. The quantitative estimate of drug-likeness (QED) is 0.0945. The zero-order valence-electron chi connectivity index (χ0n) is 50.5. The van der Waals surface area contributed by atoms with E-state index in [4.69, 9.17) is 0 Å². The van der Waals surface area contributed by atoms with Gasteiger partial charge in [-0.1, -0.05) is 268 Å². The summed E-state index contributed by atoms with van der Waals surface area (Å²) in [5.41, 5.74) is 18.0. The summed E-state index contributed by atoms with van der Waals surface area (Å²) < 4.78 is 2.75. The number of rotatable bonds is 11. The Kier molecular flexibility index (Phi) is 12.0. The molecule has 3 nitrogen and oxygen atoms in total. The molecule has 13 aromatic rings. The average Bonchev–Trinajstić information content (AvgIpc) is 1.48. The van der Waals surface area contributed by atoms with E-state index in [9.17, 15) is 0 Å².